The molecule has 0 amide bonds. The Morgan fingerprint density at radius 2 is 1.40 bits per heavy atom. The fraction of sp³-hybridized carbons (Fsp3) is 0.400. The van der Waals surface area contributed by atoms with Gasteiger partial charge in [-0.15, -0.1) is 0 Å². The molecule has 2 aromatic rings. The van der Waals surface area contributed by atoms with Crippen molar-refractivity contribution >= 4 is 17.1 Å². The maximum absolute atomic E-state index is 11.6. The molecule has 0 aliphatic rings. The Morgan fingerprint density at radius 1 is 0.880 bits per heavy atom. The van der Waals surface area contributed by atoms with Gasteiger partial charge in [-0.3, -0.25) is 10.1 Å². The van der Waals surface area contributed by atoms with Crippen LogP contribution >= 0.6 is 0 Å². The van der Waals surface area contributed by atoms with Crippen LogP contribution in [0.5, 0.6) is 0 Å². The predicted octanol–water partition coefficient (Wildman–Crippen LogP) is 5.46. The van der Waals surface area contributed by atoms with Crippen LogP contribution in [-0.2, 0) is 0 Å². The molecular formula is C20H27N3O2. The lowest BCUT2D eigenvalue weighted by Gasteiger charge is -2.25. The zero-order valence-electron chi connectivity index (χ0n) is 15.0. The molecule has 0 aliphatic heterocycles. The summed E-state index contributed by atoms with van der Waals surface area (Å²) < 4.78 is 0. The lowest BCUT2D eigenvalue weighted by Crippen LogP contribution is -2.44. The third-order valence-corrected chi connectivity index (χ3v) is 4.39. The molecule has 0 fully saturated rings. The summed E-state index contributed by atoms with van der Waals surface area (Å²) in [6.07, 6.45) is 2.80. The highest BCUT2D eigenvalue weighted by atomic mass is 16.6. The molecule has 0 atom stereocenters. The van der Waals surface area contributed by atoms with Gasteiger partial charge in [0, 0.05) is 34.8 Å². The van der Waals surface area contributed by atoms with Crippen LogP contribution in [0, 0.1) is 10.1 Å². The van der Waals surface area contributed by atoms with E-state index in [0.717, 1.165) is 29.9 Å². The molecule has 25 heavy (non-hydrogen) atoms. The molecule has 0 bridgehead atoms. The Balaban J connectivity index is 2.01. The number of rotatable bonds is 10. The van der Waals surface area contributed by atoms with Crippen LogP contribution in [0.3, 0.4) is 0 Å². The number of benzene rings is 2. The van der Waals surface area contributed by atoms with Crippen LogP contribution in [0.2, 0.25) is 0 Å². The molecule has 0 spiro atoms. The van der Waals surface area contributed by atoms with Crippen molar-refractivity contribution in [3.63, 3.8) is 0 Å². The van der Waals surface area contributed by atoms with E-state index in [2.05, 4.69) is 10.6 Å². The van der Waals surface area contributed by atoms with Crippen molar-refractivity contribution in [2.24, 2.45) is 0 Å². The van der Waals surface area contributed by atoms with Crippen molar-refractivity contribution in [1.82, 2.24) is 0 Å². The van der Waals surface area contributed by atoms with Crippen LogP contribution in [0.15, 0.2) is 54.6 Å². The van der Waals surface area contributed by atoms with Gasteiger partial charge in [0.25, 0.3) is 0 Å². The first kappa shape index (κ1) is 18.8. The summed E-state index contributed by atoms with van der Waals surface area (Å²) in [5.74, 6) is 0. The number of nitrogens with one attached hydrogen (secondary N) is 2. The summed E-state index contributed by atoms with van der Waals surface area (Å²) in [5.41, 5.74) is 2.03. The van der Waals surface area contributed by atoms with Gasteiger partial charge in [0.2, 0.25) is 5.54 Å². The lowest BCUT2D eigenvalue weighted by molar-refractivity contribution is -0.568. The predicted molar refractivity (Wildman–Crippen MR) is 104 cm³/mol. The standard InChI is InChI=1S/C20H27N3O2/c1-3-14-20(15-4-2,23(24)25)16-21-17-10-12-19(13-11-17)22-18-8-6-5-7-9-18/h5-13,21-22H,3-4,14-16H2,1-2H3. The average molecular weight is 341 g/mol. The number of nitro groups is 1. The van der Waals surface area contributed by atoms with Crippen molar-refractivity contribution in [1.29, 1.82) is 0 Å². The molecule has 134 valence electrons. The Morgan fingerprint density at radius 3 is 1.92 bits per heavy atom. The maximum Gasteiger partial charge on any atom is 0.239 e. The van der Waals surface area contributed by atoms with Gasteiger partial charge in [-0.05, 0) is 49.2 Å². The smallest absolute Gasteiger partial charge is 0.239 e. The summed E-state index contributed by atoms with van der Waals surface area (Å²) in [4.78, 5) is 11.5. The number of anilines is 3. The van der Waals surface area contributed by atoms with E-state index in [4.69, 9.17) is 0 Å². The van der Waals surface area contributed by atoms with Crippen molar-refractivity contribution in [2.45, 2.75) is 45.1 Å². The lowest BCUT2D eigenvalue weighted by atomic mass is 9.89. The largest absolute Gasteiger partial charge is 0.378 e. The second-order valence-electron chi connectivity index (χ2n) is 6.40. The van der Waals surface area contributed by atoms with E-state index < -0.39 is 5.54 Å². The fourth-order valence-electron chi connectivity index (χ4n) is 3.11. The van der Waals surface area contributed by atoms with Gasteiger partial charge < -0.3 is 10.6 Å². The van der Waals surface area contributed by atoms with E-state index in [0.29, 0.717) is 19.4 Å². The topological polar surface area (TPSA) is 67.2 Å². The summed E-state index contributed by atoms with van der Waals surface area (Å²) in [7, 11) is 0. The summed E-state index contributed by atoms with van der Waals surface area (Å²) in [6.45, 7) is 4.35. The number of hydrogen-bond donors (Lipinski definition) is 2. The van der Waals surface area contributed by atoms with Crippen LogP contribution < -0.4 is 10.6 Å². The number of nitrogens with zero attached hydrogens (tertiary/aromatic N) is 1. The first-order chi connectivity index (χ1) is 12.1. The highest BCUT2D eigenvalue weighted by molar-refractivity contribution is 5.62. The summed E-state index contributed by atoms with van der Waals surface area (Å²) >= 11 is 0. The molecule has 5 heteroatoms. The fourth-order valence-corrected chi connectivity index (χ4v) is 3.11. The van der Waals surface area contributed by atoms with E-state index in [1.54, 1.807) is 0 Å². The Hall–Kier alpha value is -2.56. The highest BCUT2D eigenvalue weighted by Crippen LogP contribution is 2.25. The monoisotopic (exact) mass is 341 g/mol. The third-order valence-electron chi connectivity index (χ3n) is 4.39. The molecule has 0 aromatic heterocycles. The van der Waals surface area contributed by atoms with Crippen LogP contribution in [-0.4, -0.2) is 17.0 Å². The Labute approximate surface area is 149 Å². The maximum atomic E-state index is 11.6. The molecule has 0 heterocycles. The van der Waals surface area contributed by atoms with Gasteiger partial charge in [0.1, 0.15) is 0 Å². The van der Waals surface area contributed by atoms with Crippen molar-refractivity contribution in [3.8, 4) is 0 Å². The van der Waals surface area contributed by atoms with Crippen molar-refractivity contribution in [3.05, 3.63) is 64.7 Å². The molecule has 5 nitrogen and oxygen atoms in total. The van der Waals surface area contributed by atoms with Crippen molar-refractivity contribution in [2.75, 3.05) is 17.2 Å². The van der Waals surface area contributed by atoms with Gasteiger partial charge in [-0.2, -0.15) is 0 Å². The second kappa shape index (κ2) is 9.06. The number of para-hydroxylation sites is 1. The van der Waals surface area contributed by atoms with E-state index >= 15 is 0 Å². The molecule has 2 rings (SSSR count). The van der Waals surface area contributed by atoms with E-state index in [-0.39, 0.29) is 4.92 Å². The van der Waals surface area contributed by atoms with E-state index in [1.165, 1.54) is 0 Å². The summed E-state index contributed by atoms with van der Waals surface area (Å²) in [5, 5.41) is 18.2. The first-order valence-corrected chi connectivity index (χ1v) is 8.90. The quantitative estimate of drug-likeness (QED) is 0.445. The SMILES string of the molecule is CCCC(CCC)(CNc1ccc(Nc2ccccc2)cc1)[N+](=O)[O-]. The van der Waals surface area contributed by atoms with Gasteiger partial charge >= 0.3 is 0 Å². The van der Waals surface area contributed by atoms with Gasteiger partial charge in [-0.1, -0.05) is 32.0 Å². The van der Waals surface area contributed by atoms with Crippen molar-refractivity contribution < 1.29 is 4.92 Å². The molecule has 2 aromatic carbocycles. The van der Waals surface area contributed by atoms with E-state index in [9.17, 15) is 10.1 Å². The molecule has 0 unspecified atom stereocenters. The second-order valence-corrected chi connectivity index (χ2v) is 6.40. The minimum Gasteiger partial charge on any atom is -0.378 e. The average Bonchev–Trinajstić information content (AvgIpc) is 2.62. The van der Waals surface area contributed by atoms with Gasteiger partial charge in [0.15, 0.2) is 0 Å². The Bertz CT molecular complexity index is 650. The number of hydrogen-bond acceptors (Lipinski definition) is 4. The summed E-state index contributed by atoms with van der Waals surface area (Å²) in [6, 6.07) is 17.8. The van der Waals surface area contributed by atoms with Crippen LogP contribution in [0.25, 0.3) is 0 Å². The van der Waals surface area contributed by atoms with E-state index in [1.807, 2.05) is 68.4 Å². The molecule has 0 saturated heterocycles. The molecule has 0 saturated carbocycles. The zero-order chi connectivity index (χ0) is 18.1. The minimum atomic E-state index is -0.884. The van der Waals surface area contributed by atoms with Crippen LogP contribution in [0.4, 0.5) is 17.1 Å². The van der Waals surface area contributed by atoms with Gasteiger partial charge in [0.05, 0.1) is 6.54 Å². The zero-order valence-corrected chi connectivity index (χ0v) is 15.0. The van der Waals surface area contributed by atoms with Crippen LogP contribution in [0.1, 0.15) is 39.5 Å². The Kier molecular flexibility index (Phi) is 6.81. The normalized spacial score (nSPS) is 11.1. The molecule has 0 aliphatic carbocycles. The first-order valence-electron chi connectivity index (χ1n) is 8.90. The highest BCUT2D eigenvalue weighted by Gasteiger charge is 2.40. The molecular weight excluding hydrogens is 314 g/mol. The van der Waals surface area contributed by atoms with Gasteiger partial charge in [-0.25, -0.2) is 0 Å². The minimum absolute atomic E-state index is 0.0989. The molecule has 0 radical (unpaired) electrons. The molecule has 2 N–H and O–H groups in total. The third kappa shape index (κ3) is 5.21.